The van der Waals surface area contributed by atoms with Crippen molar-refractivity contribution in [3.63, 3.8) is 0 Å². The molecule has 3 aromatic rings. The van der Waals surface area contributed by atoms with Gasteiger partial charge in [-0.1, -0.05) is 30.3 Å². The monoisotopic (exact) mass is 281 g/mol. The number of aromatic nitrogens is 2. The molecule has 0 amide bonds. The third kappa shape index (κ3) is 2.86. The van der Waals surface area contributed by atoms with E-state index in [-0.39, 0.29) is 0 Å². The zero-order chi connectivity index (χ0) is 13.8. The molecule has 20 heavy (non-hydrogen) atoms. The van der Waals surface area contributed by atoms with Gasteiger partial charge in [-0.2, -0.15) is 0 Å². The molecule has 4 heteroatoms. The van der Waals surface area contributed by atoms with Crippen molar-refractivity contribution in [1.82, 2.24) is 9.97 Å². The third-order valence-electron chi connectivity index (χ3n) is 3.06. The Kier molecular flexibility index (Phi) is 3.74. The van der Waals surface area contributed by atoms with Gasteiger partial charge in [0.15, 0.2) is 0 Å². The average Bonchev–Trinajstić information content (AvgIpc) is 2.97. The van der Waals surface area contributed by atoms with Crippen LogP contribution in [-0.4, -0.2) is 17.0 Å². The van der Waals surface area contributed by atoms with E-state index in [1.807, 2.05) is 37.5 Å². The van der Waals surface area contributed by atoms with Gasteiger partial charge in [-0.05, 0) is 12.1 Å². The maximum absolute atomic E-state index is 4.69. The van der Waals surface area contributed by atoms with E-state index >= 15 is 0 Å². The first-order chi connectivity index (χ1) is 9.85. The predicted octanol–water partition coefficient (Wildman–Crippen LogP) is 3.84. The van der Waals surface area contributed by atoms with Crippen LogP contribution in [0.25, 0.3) is 11.3 Å². The highest BCUT2D eigenvalue weighted by Crippen LogP contribution is 2.23. The standard InChI is InChI=1S/C16H15N3S/c1-17-13-7-8-18-14(9-13)10-16-19-15(11-20-16)12-5-3-2-4-6-12/h2-9,11H,10H2,1H3,(H,17,18). The van der Waals surface area contributed by atoms with Crippen molar-refractivity contribution in [2.24, 2.45) is 0 Å². The van der Waals surface area contributed by atoms with E-state index in [0.717, 1.165) is 34.1 Å². The smallest absolute Gasteiger partial charge is 0.0992 e. The van der Waals surface area contributed by atoms with Crippen molar-refractivity contribution in [2.75, 3.05) is 12.4 Å². The quantitative estimate of drug-likeness (QED) is 0.789. The molecular formula is C16H15N3S. The maximum Gasteiger partial charge on any atom is 0.0992 e. The molecule has 0 aliphatic carbocycles. The Morgan fingerprint density at radius 3 is 2.80 bits per heavy atom. The molecule has 0 bridgehead atoms. The minimum Gasteiger partial charge on any atom is -0.388 e. The molecule has 0 aliphatic heterocycles. The second-order valence-electron chi connectivity index (χ2n) is 4.46. The van der Waals surface area contributed by atoms with E-state index in [9.17, 15) is 0 Å². The van der Waals surface area contributed by atoms with Crippen LogP contribution in [0.1, 0.15) is 10.7 Å². The van der Waals surface area contributed by atoms with Gasteiger partial charge in [-0.3, -0.25) is 4.98 Å². The molecule has 2 heterocycles. The highest BCUT2D eigenvalue weighted by atomic mass is 32.1. The van der Waals surface area contributed by atoms with Crippen molar-refractivity contribution in [2.45, 2.75) is 6.42 Å². The Labute approximate surface area is 122 Å². The number of pyridine rings is 1. The summed E-state index contributed by atoms with van der Waals surface area (Å²) in [6.45, 7) is 0. The van der Waals surface area contributed by atoms with Gasteiger partial charge in [0.2, 0.25) is 0 Å². The number of nitrogens with zero attached hydrogens (tertiary/aromatic N) is 2. The Morgan fingerprint density at radius 2 is 2.00 bits per heavy atom. The second-order valence-corrected chi connectivity index (χ2v) is 5.40. The van der Waals surface area contributed by atoms with Crippen LogP contribution in [-0.2, 0) is 6.42 Å². The molecule has 0 saturated carbocycles. The van der Waals surface area contributed by atoms with Gasteiger partial charge in [0.05, 0.1) is 10.7 Å². The van der Waals surface area contributed by atoms with Gasteiger partial charge in [-0.25, -0.2) is 4.98 Å². The van der Waals surface area contributed by atoms with E-state index in [4.69, 9.17) is 0 Å². The van der Waals surface area contributed by atoms with Crippen LogP contribution in [0, 0.1) is 0 Å². The lowest BCUT2D eigenvalue weighted by atomic mass is 10.2. The molecule has 0 fully saturated rings. The van der Waals surface area contributed by atoms with Crippen molar-refractivity contribution < 1.29 is 0 Å². The van der Waals surface area contributed by atoms with Gasteiger partial charge in [0, 0.05) is 42.0 Å². The summed E-state index contributed by atoms with van der Waals surface area (Å²) in [6.07, 6.45) is 2.60. The third-order valence-corrected chi connectivity index (χ3v) is 3.91. The number of rotatable bonds is 4. The largest absolute Gasteiger partial charge is 0.388 e. The van der Waals surface area contributed by atoms with Crippen LogP contribution in [0.2, 0.25) is 0 Å². The zero-order valence-electron chi connectivity index (χ0n) is 11.2. The van der Waals surface area contributed by atoms with E-state index in [2.05, 4.69) is 38.9 Å². The van der Waals surface area contributed by atoms with Gasteiger partial charge in [-0.15, -0.1) is 11.3 Å². The number of nitrogens with one attached hydrogen (secondary N) is 1. The fourth-order valence-electron chi connectivity index (χ4n) is 2.02. The summed E-state index contributed by atoms with van der Waals surface area (Å²) >= 11 is 1.68. The molecule has 1 N–H and O–H groups in total. The zero-order valence-corrected chi connectivity index (χ0v) is 12.0. The first-order valence-corrected chi connectivity index (χ1v) is 7.35. The summed E-state index contributed by atoms with van der Waals surface area (Å²) in [5.74, 6) is 0. The second kappa shape index (κ2) is 5.84. The molecule has 3 nitrogen and oxygen atoms in total. The molecule has 0 spiro atoms. The highest BCUT2D eigenvalue weighted by molar-refractivity contribution is 7.10. The number of hydrogen-bond acceptors (Lipinski definition) is 4. The van der Waals surface area contributed by atoms with Crippen LogP contribution in [0.4, 0.5) is 5.69 Å². The minimum absolute atomic E-state index is 0.771. The van der Waals surface area contributed by atoms with Gasteiger partial charge < -0.3 is 5.32 Å². The predicted molar refractivity (Wildman–Crippen MR) is 84.1 cm³/mol. The topological polar surface area (TPSA) is 37.8 Å². The molecule has 100 valence electrons. The molecule has 0 unspecified atom stereocenters. The van der Waals surface area contributed by atoms with Crippen molar-refractivity contribution in [3.05, 3.63) is 64.7 Å². The van der Waals surface area contributed by atoms with Crippen LogP contribution in [0.5, 0.6) is 0 Å². The Balaban J connectivity index is 1.80. The fourth-order valence-corrected chi connectivity index (χ4v) is 2.84. The summed E-state index contributed by atoms with van der Waals surface area (Å²) in [4.78, 5) is 9.08. The fraction of sp³-hybridized carbons (Fsp3) is 0.125. The number of hydrogen-bond donors (Lipinski definition) is 1. The normalized spacial score (nSPS) is 10.4. The Hall–Kier alpha value is -2.20. The first-order valence-electron chi connectivity index (χ1n) is 6.47. The van der Waals surface area contributed by atoms with Gasteiger partial charge in [0.1, 0.15) is 0 Å². The lowest BCUT2D eigenvalue weighted by molar-refractivity contribution is 1.05. The van der Waals surface area contributed by atoms with E-state index < -0.39 is 0 Å². The Bertz CT molecular complexity index is 692. The van der Waals surface area contributed by atoms with E-state index in [1.54, 1.807) is 11.3 Å². The number of benzene rings is 1. The molecule has 3 rings (SSSR count). The van der Waals surface area contributed by atoms with Crippen molar-refractivity contribution >= 4 is 17.0 Å². The van der Waals surface area contributed by atoms with E-state index in [1.165, 1.54) is 0 Å². The summed E-state index contributed by atoms with van der Waals surface area (Å²) in [7, 11) is 1.91. The van der Waals surface area contributed by atoms with Crippen LogP contribution in [0.3, 0.4) is 0 Å². The Morgan fingerprint density at radius 1 is 1.15 bits per heavy atom. The molecule has 1 aromatic carbocycles. The average molecular weight is 281 g/mol. The van der Waals surface area contributed by atoms with Gasteiger partial charge in [0.25, 0.3) is 0 Å². The van der Waals surface area contributed by atoms with Crippen molar-refractivity contribution in [1.29, 1.82) is 0 Å². The molecular weight excluding hydrogens is 266 g/mol. The molecule has 0 saturated heterocycles. The van der Waals surface area contributed by atoms with Crippen LogP contribution >= 0.6 is 11.3 Å². The van der Waals surface area contributed by atoms with Crippen molar-refractivity contribution in [3.8, 4) is 11.3 Å². The summed E-state index contributed by atoms with van der Waals surface area (Å²) in [5, 5.41) is 6.32. The SMILES string of the molecule is CNc1ccnc(Cc2nc(-c3ccccc3)cs2)c1. The van der Waals surface area contributed by atoms with Crippen LogP contribution in [0.15, 0.2) is 54.0 Å². The molecule has 0 aliphatic rings. The summed E-state index contributed by atoms with van der Waals surface area (Å²) in [5.41, 5.74) is 4.31. The maximum atomic E-state index is 4.69. The van der Waals surface area contributed by atoms with Crippen LogP contribution < -0.4 is 5.32 Å². The van der Waals surface area contributed by atoms with Gasteiger partial charge >= 0.3 is 0 Å². The highest BCUT2D eigenvalue weighted by Gasteiger charge is 2.06. The summed E-state index contributed by atoms with van der Waals surface area (Å²) < 4.78 is 0. The number of anilines is 1. The molecule has 0 atom stereocenters. The number of thiazole rings is 1. The summed E-state index contributed by atoms with van der Waals surface area (Å²) in [6, 6.07) is 14.3. The molecule has 0 radical (unpaired) electrons. The molecule has 2 aromatic heterocycles. The lowest BCUT2D eigenvalue weighted by Crippen LogP contribution is -1.94. The van der Waals surface area contributed by atoms with E-state index in [0.29, 0.717) is 0 Å². The minimum atomic E-state index is 0.771. The lowest BCUT2D eigenvalue weighted by Gasteiger charge is -2.02. The first kappa shape index (κ1) is 12.8.